The minimum absolute atomic E-state index is 0.0114. The number of carbonyl (C=O) groups excluding carboxylic acids is 1. The molecule has 0 radical (unpaired) electrons. The smallest absolute Gasteiger partial charge is 0.475 e. The molecule has 1 aliphatic heterocycles. The summed E-state index contributed by atoms with van der Waals surface area (Å²) in [6.45, 7) is 3.31. The highest BCUT2D eigenvalue weighted by Crippen LogP contribution is 2.13. The van der Waals surface area contributed by atoms with Gasteiger partial charge in [-0.05, 0) is 12.1 Å². The molecule has 1 heterocycles. The summed E-state index contributed by atoms with van der Waals surface area (Å²) in [5.41, 5.74) is 0.848. The zero-order chi connectivity index (χ0) is 16.6. The maximum Gasteiger partial charge on any atom is 0.490 e. The molecule has 122 valence electrons. The van der Waals surface area contributed by atoms with Crippen molar-refractivity contribution < 1.29 is 27.9 Å². The van der Waals surface area contributed by atoms with Gasteiger partial charge in [0.2, 0.25) is 0 Å². The minimum Gasteiger partial charge on any atom is -0.475 e. The highest BCUT2D eigenvalue weighted by Gasteiger charge is 2.38. The number of para-hydroxylation sites is 1. The molecule has 1 saturated heterocycles. The first-order valence-electron chi connectivity index (χ1n) is 6.42. The number of hydrogen-bond acceptors (Lipinski definition) is 3. The van der Waals surface area contributed by atoms with Crippen molar-refractivity contribution in [2.45, 2.75) is 6.18 Å². The summed E-state index contributed by atoms with van der Waals surface area (Å²) < 4.78 is 31.7. The van der Waals surface area contributed by atoms with Crippen LogP contribution in [-0.4, -0.2) is 54.4 Å². The Hall–Kier alpha value is -2.29. The third-order valence-corrected chi connectivity index (χ3v) is 2.67. The van der Waals surface area contributed by atoms with Crippen LogP contribution in [0.3, 0.4) is 0 Å². The van der Waals surface area contributed by atoms with E-state index in [1.165, 1.54) is 0 Å². The van der Waals surface area contributed by atoms with Gasteiger partial charge >= 0.3 is 18.2 Å². The van der Waals surface area contributed by atoms with Crippen molar-refractivity contribution in [1.82, 2.24) is 10.2 Å². The van der Waals surface area contributed by atoms with E-state index in [1.807, 2.05) is 35.2 Å². The van der Waals surface area contributed by atoms with Gasteiger partial charge in [0.15, 0.2) is 0 Å². The highest BCUT2D eigenvalue weighted by molar-refractivity contribution is 5.89. The van der Waals surface area contributed by atoms with Gasteiger partial charge in [-0.3, -0.25) is 0 Å². The first kappa shape index (κ1) is 17.8. The van der Waals surface area contributed by atoms with Gasteiger partial charge in [-0.25, -0.2) is 9.59 Å². The third kappa shape index (κ3) is 6.44. The number of carboxylic acids is 1. The number of hydrogen-bond donors (Lipinski definition) is 3. The molecule has 1 fully saturated rings. The third-order valence-electron chi connectivity index (χ3n) is 2.67. The molecule has 22 heavy (non-hydrogen) atoms. The number of alkyl halides is 3. The predicted octanol–water partition coefficient (Wildman–Crippen LogP) is 1.76. The molecule has 1 aromatic carbocycles. The number of anilines is 1. The van der Waals surface area contributed by atoms with Crippen molar-refractivity contribution >= 4 is 17.7 Å². The highest BCUT2D eigenvalue weighted by atomic mass is 19.4. The number of piperazine rings is 1. The molecule has 9 heteroatoms. The Morgan fingerprint density at radius 2 is 1.64 bits per heavy atom. The lowest BCUT2D eigenvalue weighted by Crippen LogP contribution is -2.48. The second-order valence-corrected chi connectivity index (χ2v) is 4.34. The number of halogens is 3. The lowest BCUT2D eigenvalue weighted by atomic mass is 10.3. The van der Waals surface area contributed by atoms with Crippen LogP contribution >= 0.6 is 0 Å². The summed E-state index contributed by atoms with van der Waals surface area (Å²) in [5, 5.41) is 13.2. The van der Waals surface area contributed by atoms with Gasteiger partial charge in [0.25, 0.3) is 0 Å². The first-order valence-corrected chi connectivity index (χ1v) is 6.42. The summed E-state index contributed by atoms with van der Waals surface area (Å²) in [5.74, 6) is -2.76. The molecule has 2 amide bonds. The number of rotatable bonds is 1. The van der Waals surface area contributed by atoms with Crippen LogP contribution in [0.5, 0.6) is 0 Å². The van der Waals surface area contributed by atoms with E-state index in [4.69, 9.17) is 9.90 Å². The fourth-order valence-corrected chi connectivity index (χ4v) is 1.59. The van der Waals surface area contributed by atoms with Crippen LogP contribution in [0.25, 0.3) is 0 Å². The molecule has 2 rings (SSSR count). The molecule has 0 unspecified atom stereocenters. The van der Waals surface area contributed by atoms with E-state index < -0.39 is 12.1 Å². The zero-order valence-electron chi connectivity index (χ0n) is 11.6. The number of aliphatic carboxylic acids is 1. The number of carboxylic acid groups (broad SMARTS) is 1. The van der Waals surface area contributed by atoms with Gasteiger partial charge in [0.05, 0.1) is 0 Å². The van der Waals surface area contributed by atoms with Crippen LogP contribution in [0.2, 0.25) is 0 Å². The van der Waals surface area contributed by atoms with E-state index in [-0.39, 0.29) is 6.03 Å². The summed E-state index contributed by atoms with van der Waals surface area (Å²) in [6.07, 6.45) is -5.08. The number of nitrogens with zero attached hydrogens (tertiary/aromatic N) is 1. The molecular formula is C13H16F3N3O3. The summed E-state index contributed by atoms with van der Waals surface area (Å²) in [7, 11) is 0. The average molecular weight is 319 g/mol. The van der Waals surface area contributed by atoms with Crippen molar-refractivity contribution in [3.05, 3.63) is 30.3 Å². The van der Waals surface area contributed by atoms with Gasteiger partial charge in [-0.2, -0.15) is 13.2 Å². The number of nitrogens with one attached hydrogen (secondary N) is 2. The Balaban J connectivity index is 0.000000295. The second kappa shape index (κ2) is 8.23. The zero-order valence-corrected chi connectivity index (χ0v) is 11.6. The van der Waals surface area contributed by atoms with Crippen LogP contribution in [0, 0.1) is 0 Å². The lowest BCUT2D eigenvalue weighted by Gasteiger charge is -2.27. The molecule has 3 N–H and O–H groups in total. The van der Waals surface area contributed by atoms with E-state index >= 15 is 0 Å². The average Bonchev–Trinajstić information content (AvgIpc) is 2.49. The monoisotopic (exact) mass is 319 g/mol. The van der Waals surface area contributed by atoms with E-state index in [1.54, 1.807) is 0 Å². The van der Waals surface area contributed by atoms with Crippen LogP contribution in [0.1, 0.15) is 0 Å². The molecule has 0 saturated carbocycles. The molecule has 1 aliphatic rings. The molecule has 6 nitrogen and oxygen atoms in total. The minimum atomic E-state index is -5.08. The van der Waals surface area contributed by atoms with Gasteiger partial charge in [0.1, 0.15) is 0 Å². The quantitative estimate of drug-likeness (QED) is 0.737. The maximum atomic E-state index is 11.8. The molecule has 0 aromatic heterocycles. The Bertz CT molecular complexity index is 488. The van der Waals surface area contributed by atoms with Gasteiger partial charge in [-0.1, -0.05) is 18.2 Å². The van der Waals surface area contributed by atoms with E-state index in [9.17, 15) is 18.0 Å². The summed E-state index contributed by atoms with van der Waals surface area (Å²) in [4.78, 5) is 22.5. The predicted molar refractivity (Wildman–Crippen MR) is 73.6 cm³/mol. The number of amides is 2. The van der Waals surface area contributed by atoms with Gasteiger partial charge in [0, 0.05) is 31.9 Å². The maximum absolute atomic E-state index is 11.8. The van der Waals surface area contributed by atoms with Crippen LogP contribution < -0.4 is 10.6 Å². The van der Waals surface area contributed by atoms with Crippen LogP contribution in [0.4, 0.5) is 23.7 Å². The number of urea groups is 1. The van der Waals surface area contributed by atoms with Crippen molar-refractivity contribution in [2.75, 3.05) is 31.5 Å². The Labute approximate surface area is 124 Å². The Kier molecular flexibility index (Phi) is 6.64. The van der Waals surface area contributed by atoms with Gasteiger partial charge in [-0.15, -0.1) is 0 Å². The van der Waals surface area contributed by atoms with Crippen molar-refractivity contribution in [1.29, 1.82) is 0 Å². The Morgan fingerprint density at radius 3 is 2.09 bits per heavy atom. The molecule has 0 bridgehead atoms. The van der Waals surface area contributed by atoms with Crippen LogP contribution in [0.15, 0.2) is 30.3 Å². The number of carbonyl (C=O) groups is 2. The lowest BCUT2D eigenvalue weighted by molar-refractivity contribution is -0.192. The fraction of sp³-hybridized carbons (Fsp3) is 0.385. The normalized spacial score (nSPS) is 14.6. The largest absolute Gasteiger partial charge is 0.490 e. The molecule has 0 spiro atoms. The SMILES string of the molecule is O=C(Nc1ccccc1)N1CCNCC1.O=C(O)C(F)(F)F. The first-order chi connectivity index (χ1) is 10.3. The van der Waals surface area contributed by atoms with Crippen molar-refractivity contribution in [3.8, 4) is 0 Å². The van der Waals surface area contributed by atoms with Crippen molar-refractivity contribution in [2.24, 2.45) is 0 Å². The van der Waals surface area contributed by atoms with Crippen LogP contribution in [-0.2, 0) is 4.79 Å². The van der Waals surface area contributed by atoms with E-state index in [2.05, 4.69) is 10.6 Å². The van der Waals surface area contributed by atoms with E-state index in [0.717, 1.165) is 31.9 Å². The van der Waals surface area contributed by atoms with E-state index in [0.29, 0.717) is 0 Å². The molecule has 0 atom stereocenters. The number of benzene rings is 1. The summed E-state index contributed by atoms with van der Waals surface area (Å²) >= 11 is 0. The molecule has 1 aromatic rings. The molecular weight excluding hydrogens is 303 g/mol. The van der Waals surface area contributed by atoms with Gasteiger partial charge < -0.3 is 20.6 Å². The second-order valence-electron chi connectivity index (χ2n) is 4.34. The van der Waals surface area contributed by atoms with Crippen molar-refractivity contribution in [3.63, 3.8) is 0 Å². The summed E-state index contributed by atoms with van der Waals surface area (Å²) in [6, 6.07) is 9.52. The fourth-order valence-electron chi connectivity index (χ4n) is 1.59. The topological polar surface area (TPSA) is 81.7 Å². The standard InChI is InChI=1S/C11H15N3O.C2HF3O2/c15-11(14-8-6-12-7-9-14)13-10-4-2-1-3-5-10;3-2(4,5)1(6)7/h1-5,12H,6-9H2,(H,13,15);(H,6,7). The molecule has 0 aliphatic carbocycles. The Morgan fingerprint density at radius 1 is 1.14 bits per heavy atom.